The molecule has 0 aliphatic carbocycles. The molecule has 0 aromatic rings. The van der Waals surface area contributed by atoms with Crippen molar-refractivity contribution in [3.05, 3.63) is 0 Å². The summed E-state index contributed by atoms with van der Waals surface area (Å²) in [6.07, 6.45) is 0. The predicted octanol–water partition coefficient (Wildman–Crippen LogP) is 2.00. The van der Waals surface area contributed by atoms with Crippen molar-refractivity contribution in [3.8, 4) is 11.5 Å². The molecule has 0 aliphatic rings. The first-order chi connectivity index (χ1) is 5.24. The van der Waals surface area contributed by atoms with E-state index < -0.39 is 8.07 Å². The third kappa shape index (κ3) is 3.09. The molecule has 11 heavy (non-hydrogen) atoms. The third-order valence-electron chi connectivity index (χ3n) is 2.49. The summed E-state index contributed by atoms with van der Waals surface area (Å²) >= 11 is 0. The van der Waals surface area contributed by atoms with Crippen LogP contribution in [-0.2, 0) is 0 Å². The van der Waals surface area contributed by atoms with Gasteiger partial charge in [-0.1, -0.05) is 26.7 Å². The van der Waals surface area contributed by atoms with Crippen molar-refractivity contribution in [3.63, 3.8) is 0 Å². The number of hydrogen-bond acceptors (Lipinski definition) is 1. The van der Waals surface area contributed by atoms with E-state index in [0.29, 0.717) is 6.54 Å². The summed E-state index contributed by atoms with van der Waals surface area (Å²) in [7, 11) is -1.18. The molecular formula is C9H19NSi. The number of nitrogens with two attached hydrogens (primary N) is 1. The maximum atomic E-state index is 5.35. The van der Waals surface area contributed by atoms with Crippen LogP contribution in [-0.4, -0.2) is 14.6 Å². The van der Waals surface area contributed by atoms with Gasteiger partial charge in [-0.25, -0.2) is 0 Å². The Morgan fingerprint density at radius 1 is 1.09 bits per heavy atom. The predicted molar refractivity (Wildman–Crippen MR) is 54.0 cm³/mol. The van der Waals surface area contributed by atoms with Crippen molar-refractivity contribution in [2.24, 2.45) is 5.73 Å². The molecular weight excluding hydrogens is 150 g/mol. The highest BCUT2D eigenvalue weighted by atomic mass is 28.3. The van der Waals surface area contributed by atoms with Gasteiger partial charge in [0.1, 0.15) is 8.07 Å². The molecule has 0 radical (unpaired) electrons. The minimum Gasteiger partial charge on any atom is -0.320 e. The van der Waals surface area contributed by atoms with Crippen LogP contribution in [0.3, 0.4) is 0 Å². The lowest BCUT2D eigenvalue weighted by atomic mass is 10.7. The van der Waals surface area contributed by atoms with Crippen molar-refractivity contribution in [2.75, 3.05) is 6.54 Å². The fraction of sp³-hybridized carbons (Fsp3) is 0.778. The standard InChI is InChI=1S/C9H19NSi/c1-4-11(5-2,6-3)9-7-8-10/h4-6,8,10H2,1-3H3. The normalized spacial score (nSPS) is 10.5. The Morgan fingerprint density at radius 3 is 1.82 bits per heavy atom. The minimum atomic E-state index is -1.18. The summed E-state index contributed by atoms with van der Waals surface area (Å²) in [5.74, 6) is 3.03. The highest BCUT2D eigenvalue weighted by Crippen LogP contribution is 2.18. The molecule has 0 rings (SSSR count). The van der Waals surface area contributed by atoms with Gasteiger partial charge in [0.2, 0.25) is 0 Å². The van der Waals surface area contributed by atoms with E-state index >= 15 is 0 Å². The molecule has 0 heterocycles. The average molecular weight is 169 g/mol. The first-order valence-corrected chi connectivity index (χ1v) is 7.07. The van der Waals surface area contributed by atoms with Crippen LogP contribution in [0, 0.1) is 11.5 Å². The summed E-state index contributed by atoms with van der Waals surface area (Å²) < 4.78 is 0. The molecule has 0 unspecified atom stereocenters. The molecule has 0 aromatic heterocycles. The van der Waals surface area contributed by atoms with Gasteiger partial charge in [-0.2, -0.15) is 0 Å². The zero-order valence-electron chi connectivity index (χ0n) is 7.91. The Hall–Kier alpha value is -0.263. The highest BCUT2D eigenvalue weighted by molar-refractivity contribution is 6.87. The second-order valence-corrected chi connectivity index (χ2v) is 7.78. The van der Waals surface area contributed by atoms with Crippen LogP contribution in [0.1, 0.15) is 20.8 Å². The molecule has 2 heteroatoms. The van der Waals surface area contributed by atoms with Gasteiger partial charge < -0.3 is 5.73 Å². The van der Waals surface area contributed by atoms with Crippen LogP contribution in [0.15, 0.2) is 0 Å². The lowest BCUT2D eigenvalue weighted by molar-refractivity contribution is 1.20. The van der Waals surface area contributed by atoms with Gasteiger partial charge in [-0.05, 0) is 18.1 Å². The van der Waals surface area contributed by atoms with Gasteiger partial charge in [-0.3, -0.25) is 0 Å². The Labute approximate surface area is 71.4 Å². The van der Waals surface area contributed by atoms with E-state index in [2.05, 4.69) is 32.2 Å². The lowest BCUT2D eigenvalue weighted by Crippen LogP contribution is -2.29. The largest absolute Gasteiger partial charge is 0.320 e. The second-order valence-electron chi connectivity index (χ2n) is 2.85. The van der Waals surface area contributed by atoms with Crippen molar-refractivity contribution < 1.29 is 0 Å². The van der Waals surface area contributed by atoms with Gasteiger partial charge in [0.05, 0.1) is 6.54 Å². The van der Waals surface area contributed by atoms with Crippen molar-refractivity contribution >= 4 is 8.07 Å². The van der Waals surface area contributed by atoms with Gasteiger partial charge >= 0.3 is 0 Å². The number of hydrogen-bond donors (Lipinski definition) is 1. The van der Waals surface area contributed by atoms with E-state index in [1.807, 2.05) is 0 Å². The van der Waals surface area contributed by atoms with Crippen molar-refractivity contribution in [2.45, 2.75) is 38.9 Å². The Morgan fingerprint density at radius 2 is 1.55 bits per heavy atom. The molecule has 0 aromatic carbocycles. The molecule has 0 atom stereocenters. The fourth-order valence-electron chi connectivity index (χ4n) is 1.25. The van der Waals surface area contributed by atoms with Crippen LogP contribution in [0.25, 0.3) is 0 Å². The summed E-state index contributed by atoms with van der Waals surface area (Å²) in [5, 5.41) is 0. The Kier molecular flexibility index (Phi) is 5.27. The van der Waals surface area contributed by atoms with Crippen LogP contribution >= 0.6 is 0 Å². The quantitative estimate of drug-likeness (QED) is 0.507. The third-order valence-corrected chi connectivity index (χ3v) is 7.25. The number of rotatable bonds is 3. The van der Waals surface area contributed by atoms with Crippen LogP contribution in [0.2, 0.25) is 18.1 Å². The van der Waals surface area contributed by atoms with E-state index in [4.69, 9.17) is 5.73 Å². The molecule has 1 nitrogen and oxygen atoms in total. The summed E-state index contributed by atoms with van der Waals surface area (Å²) in [4.78, 5) is 0. The molecule has 0 fully saturated rings. The smallest absolute Gasteiger partial charge is 0.137 e. The minimum absolute atomic E-state index is 0.523. The first-order valence-electron chi connectivity index (χ1n) is 4.44. The molecule has 0 saturated heterocycles. The molecule has 0 bridgehead atoms. The van der Waals surface area contributed by atoms with E-state index in [0.717, 1.165) is 0 Å². The summed E-state index contributed by atoms with van der Waals surface area (Å²) in [6, 6.07) is 3.81. The van der Waals surface area contributed by atoms with Crippen molar-refractivity contribution in [1.29, 1.82) is 0 Å². The SMILES string of the molecule is CC[Si](C#CCN)(CC)CC. The maximum absolute atomic E-state index is 5.35. The van der Waals surface area contributed by atoms with E-state index in [-0.39, 0.29) is 0 Å². The van der Waals surface area contributed by atoms with Crippen LogP contribution in [0.4, 0.5) is 0 Å². The molecule has 2 N–H and O–H groups in total. The first kappa shape index (κ1) is 10.7. The van der Waals surface area contributed by atoms with E-state index in [9.17, 15) is 0 Å². The van der Waals surface area contributed by atoms with Gasteiger partial charge in [0.15, 0.2) is 0 Å². The zero-order valence-corrected chi connectivity index (χ0v) is 8.91. The molecule has 0 spiro atoms. The van der Waals surface area contributed by atoms with Gasteiger partial charge in [0, 0.05) is 0 Å². The molecule has 0 aliphatic heterocycles. The Bertz CT molecular complexity index is 142. The van der Waals surface area contributed by atoms with Crippen molar-refractivity contribution in [1.82, 2.24) is 0 Å². The second kappa shape index (κ2) is 5.40. The highest BCUT2D eigenvalue weighted by Gasteiger charge is 2.23. The molecule has 0 saturated carbocycles. The van der Waals surface area contributed by atoms with Gasteiger partial charge in [-0.15, -0.1) is 5.54 Å². The fourth-order valence-corrected chi connectivity index (χ4v) is 3.76. The van der Waals surface area contributed by atoms with E-state index in [1.54, 1.807) is 0 Å². The summed E-state index contributed by atoms with van der Waals surface area (Å²) in [5.41, 5.74) is 8.74. The monoisotopic (exact) mass is 169 g/mol. The van der Waals surface area contributed by atoms with E-state index in [1.165, 1.54) is 18.1 Å². The average Bonchev–Trinajstić information content (AvgIpc) is 2.08. The van der Waals surface area contributed by atoms with Gasteiger partial charge in [0.25, 0.3) is 0 Å². The van der Waals surface area contributed by atoms with Crippen LogP contribution < -0.4 is 5.73 Å². The summed E-state index contributed by atoms with van der Waals surface area (Å²) in [6.45, 7) is 7.29. The van der Waals surface area contributed by atoms with Crippen LogP contribution in [0.5, 0.6) is 0 Å². The molecule has 0 amide bonds. The molecule has 64 valence electrons. The Balaban J connectivity index is 4.28. The lowest BCUT2D eigenvalue weighted by Gasteiger charge is -2.19. The topological polar surface area (TPSA) is 26.0 Å². The zero-order chi connectivity index (χ0) is 8.74. The maximum Gasteiger partial charge on any atom is 0.137 e.